The molecule has 2 amide bonds. The highest BCUT2D eigenvalue weighted by Crippen LogP contribution is 2.20. The van der Waals surface area contributed by atoms with Crippen LogP contribution in [0.25, 0.3) is 0 Å². The fraction of sp³-hybridized carbons (Fsp3) is 0.583. The van der Waals surface area contributed by atoms with Crippen LogP contribution in [0.2, 0.25) is 0 Å². The summed E-state index contributed by atoms with van der Waals surface area (Å²) < 4.78 is 4.94. The van der Waals surface area contributed by atoms with Crippen molar-refractivity contribution in [2.75, 3.05) is 25.0 Å². The second-order valence-electron chi connectivity index (χ2n) is 4.29. The van der Waals surface area contributed by atoms with E-state index in [-0.39, 0.29) is 17.9 Å². The highest BCUT2D eigenvalue weighted by molar-refractivity contribution is 7.13. The third kappa shape index (κ3) is 3.66. The highest BCUT2D eigenvalue weighted by Gasteiger charge is 2.28. The van der Waals surface area contributed by atoms with Crippen LogP contribution >= 0.6 is 11.3 Å². The molecule has 0 aliphatic carbocycles. The molecule has 2 heterocycles. The zero-order valence-electron chi connectivity index (χ0n) is 10.8. The molecule has 19 heavy (non-hydrogen) atoms. The maximum Gasteiger partial charge on any atom is 0.409 e. The van der Waals surface area contributed by atoms with Crippen molar-refractivity contribution in [2.24, 2.45) is 5.92 Å². The fourth-order valence-electron chi connectivity index (χ4n) is 2.03. The zero-order valence-corrected chi connectivity index (χ0v) is 11.6. The number of carbonyl (C=O) groups excluding carboxylic acids is 2. The van der Waals surface area contributed by atoms with E-state index in [1.807, 2.05) is 5.38 Å². The topological polar surface area (TPSA) is 71.5 Å². The molecule has 1 aromatic heterocycles. The number of anilines is 1. The Balaban J connectivity index is 1.79. The summed E-state index contributed by atoms with van der Waals surface area (Å²) in [5.74, 6) is -0.0759. The largest absolute Gasteiger partial charge is 0.450 e. The van der Waals surface area contributed by atoms with Crippen molar-refractivity contribution in [1.29, 1.82) is 0 Å². The number of rotatable bonds is 3. The van der Waals surface area contributed by atoms with Crippen molar-refractivity contribution < 1.29 is 14.3 Å². The van der Waals surface area contributed by atoms with Crippen LogP contribution in [-0.4, -0.2) is 41.6 Å². The van der Waals surface area contributed by atoms with Crippen LogP contribution in [0.5, 0.6) is 0 Å². The maximum absolute atomic E-state index is 12.0. The number of amides is 2. The van der Waals surface area contributed by atoms with Crippen LogP contribution in [0, 0.1) is 5.92 Å². The van der Waals surface area contributed by atoms with E-state index >= 15 is 0 Å². The molecular formula is C12H17N3O3S. The van der Waals surface area contributed by atoms with Gasteiger partial charge in [0.05, 0.1) is 6.61 Å². The van der Waals surface area contributed by atoms with E-state index in [0.717, 1.165) is 0 Å². The Bertz CT molecular complexity index is 427. The van der Waals surface area contributed by atoms with Crippen LogP contribution in [0.1, 0.15) is 19.8 Å². The lowest BCUT2D eigenvalue weighted by atomic mass is 9.96. The van der Waals surface area contributed by atoms with E-state index in [1.54, 1.807) is 18.0 Å². The Morgan fingerprint density at radius 1 is 1.53 bits per heavy atom. The van der Waals surface area contributed by atoms with E-state index in [9.17, 15) is 9.59 Å². The van der Waals surface area contributed by atoms with Crippen LogP contribution in [0.3, 0.4) is 0 Å². The predicted octanol–water partition coefficient (Wildman–Crippen LogP) is 1.95. The monoisotopic (exact) mass is 283 g/mol. The summed E-state index contributed by atoms with van der Waals surface area (Å²) >= 11 is 1.40. The van der Waals surface area contributed by atoms with Gasteiger partial charge in [0.2, 0.25) is 5.91 Å². The quantitative estimate of drug-likeness (QED) is 0.920. The van der Waals surface area contributed by atoms with Crippen molar-refractivity contribution in [3.8, 4) is 0 Å². The SMILES string of the molecule is CCOC(=O)N1CCC(C(=O)Nc2nccs2)CC1. The zero-order chi connectivity index (χ0) is 13.7. The minimum Gasteiger partial charge on any atom is -0.450 e. The number of likely N-dealkylation sites (tertiary alicyclic amines) is 1. The van der Waals surface area contributed by atoms with Gasteiger partial charge < -0.3 is 15.0 Å². The summed E-state index contributed by atoms with van der Waals surface area (Å²) in [7, 11) is 0. The molecule has 1 aromatic rings. The van der Waals surface area contributed by atoms with Gasteiger partial charge in [-0.1, -0.05) is 0 Å². The number of hydrogen-bond acceptors (Lipinski definition) is 5. The lowest BCUT2D eigenvalue weighted by molar-refractivity contribution is -0.121. The summed E-state index contributed by atoms with van der Waals surface area (Å²) in [6, 6.07) is 0. The lowest BCUT2D eigenvalue weighted by Gasteiger charge is -2.30. The molecule has 0 spiro atoms. The normalized spacial score (nSPS) is 16.2. The maximum atomic E-state index is 12.0. The molecule has 2 rings (SSSR count). The highest BCUT2D eigenvalue weighted by atomic mass is 32.1. The second kappa shape index (κ2) is 6.51. The molecule has 7 heteroatoms. The molecule has 0 aromatic carbocycles. The van der Waals surface area contributed by atoms with Gasteiger partial charge in [-0.15, -0.1) is 11.3 Å². The minimum absolute atomic E-state index is 0.0153. The number of piperidine rings is 1. The smallest absolute Gasteiger partial charge is 0.409 e. The Hall–Kier alpha value is -1.63. The first kappa shape index (κ1) is 13.8. The molecule has 1 aliphatic heterocycles. The minimum atomic E-state index is -0.290. The molecular weight excluding hydrogens is 266 g/mol. The Morgan fingerprint density at radius 3 is 2.84 bits per heavy atom. The van der Waals surface area contributed by atoms with E-state index in [1.165, 1.54) is 11.3 Å². The van der Waals surface area contributed by atoms with Crippen LogP contribution in [-0.2, 0) is 9.53 Å². The molecule has 0 atom stereocenters. The molecule has 0 bridgehead atoms. The van der Waals surface area contributed by atoms with Crippen molar-refractivity contribution in [1.82, 2.24) is 9.88 Å². The summed E-state index contributed by atoms with van der Waals surface area (Å²) in [5, 5.41) is 5.24. The number of nitrogens with one attached hydrogen (secondary N) is 1. The standard InChI is InChI=1S/C12H17N3O3S/c1-2-18-12(17)15-6-3-9(4-7-15)10(16)14-11-13-5-8-19-11/h5,8-9H,2-4,6-7H2,1H3,(H,13,14,16). The fourth-order valence-corrected chi connectivity index (χ4v) is 2.56. The van der Waals surface area contributed by atoms with Crippen LogP contribution in [0.4, 0.5) is 9.93 Å². The first-order valence-corrected chi connectivity index (χ1v) is 7.20. The van der Waals surface area contributed by atoms with E-state index < -0.39 is 0 Å². The Labute approximate surface area is 115 Å². The van der Waals surface area contributed by atoms with Gasteiger partial charge in [-0.25, -0.2) is 9.78 Å². The van der Waals surface area contributed by atoms with Gasteiger partial charge in [0.1, 0.15) is 0 Å². The first-order chi connectivity index (χ1) is 9.20. The van der Waals surface area contributed by atoms with E-state index in [0.29, 0.717) is 37.7 Å². The Kier molecular flexibility index (Phi) is 4.73. The second-order valence-corrected chi connectivity index (χ2v) is 5.18. The summed E-state index contributed by atoms with van der Waals surface area (Å²) in [5.41, 5.74) is 0. The number of ether oxygens (including phenoxy) is 1. The van der Waals surface area contributed by atoms with Gasteiger partial charge in [0, 0.05) is 30.6 Å². The van der Waals surface area contributed by atoms with Gasteiger partial charge in [0.25, 0.3) is 0 Å². The molecule has 1 fully saturated rings. The molecule has 0 radical (unpaired) electrons. The number of thiazole rings is 1. The van der Waals surface area contributed by atoms with Gasteiger partial charge >= 0.3 is 6.09 Å². The van der Waals surface area contributed by atoms with Crippen molar-refractivity contribution in [3.05, 3.63) is 11.6 Å². The average Bonchev–Trinajstić information content (AvgIpc) is 2.92. The van der Waals surface area contributed by atoms with Gasteiger partial charge in [0.15, 0.2) is 5.13 Å². The third-order valence-corrected chi connectivity index (χ3v) is 3.74. The summed E-state index contributed by atoms with van der Waals surface area (Å²) in [6.45, 7) is 3.29. The molecule has 1 saturated heterocycles. The lowest BCUT2D eigenvalue weighted by Crippen LogP contribution is -2.41. The van der Waals surface area contributed by atoms with Gasteiger partial charge in [-0.3, -0.25) is 4.79 Å². The number of nitrogens with zero attached hydrogens (tertiary/aromatic N) is 2. The van der Waals surface area contributed by atoms with Crippen molar-refractivity contribution >= 4 is 28.5 Å². The average molecular weight is 283 g/mol. The first-order valence-electron chi connectivity index (χ1n) is 6.32. The molecule has 104 valence electrons. The Morgan fingerprint density at radius 2 is 2.26 bits per heavy atom. The van der Waals surface area contributed by atoms with Crippen molar-refractivity contribution in [2.45, 2.75) is 19.8 Å². The van der Waals surface area contributed by atoms with Gasteiger partial charge in [-0.2, -0.15) is 0 Å². The predicted molar refractivity (Wildman–Crippen MR) is 72.1 cm³/mol. The van der Waals surface area contributed by atoms with Crippen molar-refractivity contribution in [3.63, 3.8) is 0 Å². The number of aromatic nitrogens is 1. The number of carbonyl (C=O) groups is 2. The van der Waals surface area contributed by atoms with E-state index in [2.05, 4.69) is 10.3 Å². The van der Waals surface area contributed by atoms with Crippen LogP contribution in [0.15, 0.2) is 11.6 Å². The molecule has 0 unspecified atom stereocenters. The molecule has 1 aliphatic rings. The number of hydrogen-bond donors (Lipinski definition) is 1. The van der Waals surface area contributed by atoms with Crippen LogP contribution < -0.4 is 5.32 Å². The third-order valence-electron chi connectivity index (χ3n) is 3.05. The van der Waals surface area contributed by atoms with E-state index in [4.69, 9.17) is 4.74 Å². The summed E-state index contributed by atoms with van der Waals surface area (Å²) in [4.78, 5) is 29.2. The molecule has 6 nitrogen and oxygen atoms in total. The molecule has 0 saturated carbocycles. The molecule has 1 N–H and O–H groups in total. The van der Waals surface area contributed by atoms with Gasteiger partial charge in [-0.05, 0) is 19.8 Å². The summed E-state index contributed by atoms with van der Waals surface area (Å²) in [6.07, 6.45) is 2.69.